The van der Waals surface area contributed by atoms with E-state index in [4.69, 9.17) is 10.8 Å². The van der Waals surface area contributed by atoms with Crippen molar-refractivity contribution in [3.05, 3.63) is 24.0 Å². The van der Waals surface area contributed by atoms with Crippen LogP contribution in [0.5, 0.6) is 0 Å². The molecule has 0 bridgehead atoms. The summed E-state index contributed by atoms with van der Waals surface area (Å²) in [5.74, 6) is -0.763. The first kappa shape index (κ1) is 13.3. The lowest BCUT2D eigenvalue weighted by atomic mass is 10.1. The maximum absolute atomic E-state index is 13.2. The molecule has 4 N–H and O–H groups in total. The number of nitrogens with two attached hydrogens (primary N) is 1. The number of benzene rings is 1. The van der Waals surface area contributed by atoms with Gasteiger partial charge in [-0.25, -0.2) is 17.5 Å². The number of hydrogen-bond acceptors (Lipinski definition) is 4. The van der Waals surface area contributed by atoms with Gasteiger partial charge >= 0.3 is 0 Å². The Morgan fingerprint density at radius 3 is 2.67 bits per heavy atom. The van der Waals surface area contributed by atoms with Gasteiger partial charge in [0.15, 0.2) is 0 Å². The van der Waals surface area contributed by atoms with Gasteiger partial charge in [0.2, 0.25) is 10.0 Å². The number of aliphatic hydroxyl groups excluding tert-OH is 1. The zero-order valence-electron chi connectivity index (χ0n) is 9.69. The van der Waals surface area contributed by atoms with Gasteiger partial charge in [0.1, 0.15) is 10.7 Å². The summed E-state index contributed by atoms with van der Waals surface area (Å²) in [5, 5.41) is 9.10. The van der Waals surface area contributed by atoms with E-state index in [0.29, 0.717) is 0 Å². The second kappa shape index (κ2) is 4.49. The Bertz CT molecular complexity index is 555. The smallest absolute Gasteiger partial charge is 0.242 e. The highest BCUT2D eigenvalue weighted by Gasteiger charge is 2.42. The molecule has 0 amide bonds. The molecule has 0 atom stereocenters. The summed E-state index contributed by atoms with van der Waals surface area (Å²) in [6, 6.07) is 3.64. The zero-order chi connectivity index (χ0) is 13.4. The fourth-order valence-electron chi connectivity index (χ4n) is 1.65. The number of nitrogens with one attached hydrogen (secondary N) is 1. The molecule has 1 aromatic carbocycles. The molecule has 0 saturated heterocycles. The first-order chi connectivity index (χ1) is 8.40. The Morgan fingerprint density at radius 2 is 2.11 bits per heavy atom. The lowest BCUT2D eigenvalue weighted by Crippen LogP contribution is -2.32. The molecule has 1 aromatic rings. The third-order valence-corrected chi connectivity index (χ3v) is 4.69. The second-order valence-electron chi connectivity index (χ2n) is 4.63. The Labute approximate surface area is 105 Å². The topological polar surface area (TPSA) is 92.4 Å². The van der Waals surface area contributed by atoms with E-state index < -0.39 is 15.8 Å². The van der Waals surface area contributed by atoms with Gasteiger partial charge in [-0.05, 0) is 25.0 Å². The highest BCUT2D eigenvalue weighted by molar-refractivity contribution is 7.89. The first-order valence-electron chi connectivity index (χ1n) is 5.55. The molecule has 7 heteroatoms. The maximum Gasteiger partial charge on any atom is 0.242 e. The third-order valence-electron chi connectivity index (χ3n) is 3.23. The molecule has 2 rings (SSSR count). The molecule has 1 fully saturated rings. The Hall–Kier alpha value is -1.18. The summed E-state index contributed by atoms with van der Waals surface area (Å²) in [5.41, 5.74) is 4.67. The first-order valence-corrected chi connectivity index (χ1v) is 7.03. The molecule has 0 radical (unpaired) electrons. The van der Waals surface area contributed by atoms with Gasteiger partial charge in [0.25, 0.3) is 0 Å². The van der Waals surface area contributed by atoms with Crippen LogP contribution in [0.15, 0.2) is 23.1 Å². The maximum atomic E-state index is 13.2. The van der Waals surface area contributed by atoms with Gasteiger partial charge in [-0.2, -0.15) is 0 Å². The fraction of sp³-hybridized carbons (Fsp3) is 0.455. The molecule has 0 aliphatic heterocycles. The molecule has 1 saturated carbocycles. The predicted molar refractivity (Wildman–Crippen MR) is 64.8 cm³/mol. The summed E-state index contributed by atoms with van der Waals surface area (Å²) < 4.78 is 39.5. The van der Waals surface area contributed by atoms with E-state index >= 15 is 0 Å². The van der Waals surface area contributed by atoms with Crippen LogP contribution < -0.4 is 10.5 Å². The second-order valence-corrected chi connectivity index (χ2v) is 6.37. The number of nitrogen functional groups attached to an aromatic ring is 1. The van der Waals surface area contributed by atoms with E-state index in [-0.39, 0.29) is 29.1 Å². The minimum absolute atomic E-state index is 0.0614. The Balaban J connectivity index is 2.18. The van der Waals surface area contributed by atoms with Crippen LogP contribution in [0.2, 0.25) is 0 Å². The molecule has 1 aliphatic rings. The number of para-hydroxylation sites is 1. The largest absolute Gasteiger partial charge is 0.396 e. The van der Waals surface area contributed by atoms with Crippen molar-refractivity contribution in [2.24, 2.45) is 5.41 Å². The van der Waals surface area contributed by atoms with Crippen LogP contribution in [0.3, 0.4) is 0 Å². The number of anilines is 1. The lowest BCUT2D eigenvalue weighted by molar-refractivity contribution is 0.213. The quantitative estimate of drug-likeness (QED) is 0.680. The number of hydrogen-bond donors (Lipinski definition) is 3. The summed E-state index contributed by atoms with van der Waals surface area (Å²) in [4.78, 5) is -0.267. The van der Waals surface area contributed by atoms with E-state index in [9.17, 15) is 12.8 Å². The van der Waals surface area contributed by atoms with Crippen LogP contribution in [0.25, 0.3) is 0 Å². The number of aliphatic hydroxyl groups is 1. The molecule has 18 heavy (non-hydrogen) atoms. The zero-order valence-corrected chi connectivity index (χ0v) is 10.5. The Kier molecular flexibility index (Phi) is 3.31. The van der Waals surface area contributed by atoms with Gasteiger partial charge < -0.3 is 10.8 Å². The highest BCUT2D eigenvalue weighted by atomic mass is 32.2. The number of rotatable bonds is 5. The molecule has 1 aliphatic carbocycles. The highest BCUT2D eigenvalue weighted by Crippen LogP contribution is 2.44. The average Bonchev–Trinajstić information content (AvgIpc) is 3.11. The molecule has 0 heterocycles. The van der Waals surface area contributed by atoms with Crippen molar-refractivity contribution in [3.8, 4) is 0 Å². The minimum atomic E-state index is -3.84. The number of halogens is 1. The monoisotopic (exact) mass is 274 g/mol. The minimum Gasteiger partial charge on any atom is -0.396 e. The van der Waals surface area contributed by atoms with Crippen LogP contribution in [-0.2, 0) is 10.0 Å². The average molecular weight is 274 g/mol. The molecular formula is C11H15FN2O3S. The van der Waals surface area contributed by atoms with Crippen molar-refractivity contribution < 1.29 is 17.9 Å². The van der Waals surface area contributed by atoms with E-state index in [2.05, 4.69) is 4.72 Å². The molecule has 0 aromatic heterocycles. The van der Waals surface area contributed by atoms with E-state index in [1.54, 1.807) is 0 Å². The van der Waals surface area contributed by atoms with Gasteiger partial charge in [0, 0.05) is 18.6 Å². The number of sulfonamides is 1. The predicted octanol–water partition coefficient (Wildman–Crippen LogP) is 0.459. The fourth-order valence-corrected chi connectivity index (χ4v) is 2.94. The standard InChI is InChI=1S/C11H15FN2O3S/c12-8-2-1-3-9(10(8)13)18(16,17)14-6-11(7-15)4-5-11/h1-3,14-15H,4-7,13H2. The van der Waals surface area contributed by atoms with E-state index in [1.807, 2.05) is 0 Å². The molecule has 100 valence electrons. The molecule has 5 nitrogen and oxygen atoms in total. The normalized spacial score (nSPS) is 17.7. The van der Waals surface area contributed by atoms with Crippen LogP contribution in [0.4, 0.5) is 10.1 Å². The summed E-state index contributed by atoms with van der Waals surface area (Å²) in [6.07, 6.45) is 1.56. The summed E-state index contributed by atoms with van der Waals surface area (Å²) in [6.45, 7) is 0.0793. The van der Waals surface area contributed by atoms with Gasteiger partial charge in [-0.3, -0.25) is 0 Å². The SMILES string of the molecule is Nc1c(F)cccc1S(=O)(=O)NCC1(CO)CC1. The van der Waals surface area contributed by atoms with Crippen molar-refractivity contribution in [3.63, 3.8) is 0 Å². The van der Waals surface area contributed by atoms with Crippen molar-refractivity contribution in [1.29, 1.82) is 0 Å². The third kappa shape index (κ3) is 2.47. The van der Waals surface area contributed by atoms with Gasteiger partial charge in [-0.15, -0.1) is 0 Å². The molecule has 0 unspecified atom stereocenters. The van der Waals surface area contributed by atoms with Crippen molar-refractivity contribution in [2.75, 3.05) is 18.9 Å². The van der Waals surface area contributed by atoms with Crippen molar-refractivity contribution in [2.45, 2.75) is 17.7 Å². The van der Waals surface area contributed by atoms with E-state index in [0.717, 1.165) is 18.9 Å². The van der Waals surface area contributed by atoms with Crippen molar-refractivity contribution in [1.82, 2.24) is 4.72 Å². The van der Waals surface area contributed by atoms with Gasteiger partial charge in [0.05, 0.1) is 5.69 Å². The van der Waals surface area contributed by atoms with E-state index in [1.165, 1.54) is 12.1 Å². The van der Waals surface area contributed by atoms with Crippen LogP contribution in [0.1, 0.15) is 12.8 Å². The summed E-state index contributed by atoms with van der Waals surface area (Å²) >= 11 is 0. The summed E-state index contributed by atoms with van der Waals surface area (Å²) in [7, 11) is -3.84. The van der Waals surface area contributed by atoms with Crippen LogP contribution >= 0.6 is 0 Å². The molecule has 0 spiro atoms. The molecular weight excluding hydrogens is 259 g/mol. The lowest BCUT2D eigenvalue weighted by Gasteiger charge is -2.14. The van der Waals surface area contributed by atoms with Crippen LogP contribution in [0, 0.1) is 11.2 Å². The van der Waals surface area contributed by atoms with Crippen molar-refractivity contribution >= 4 is 15.7 Å². The van der Waals surface area contributed by atoms with Gasteiger partial charge in [-0.1, -0.05) is 6.07 Å². The Morgan fingerprint density at radius 1 is 1.44 bits per heavy atom. The van der Waals surface area contributed by atoms with Crippen LogP contribution in [-0.4, -0.2) is 26.7 Å².